The lowest BCUT2D eigenvalue weighted by atomic mass is 9.79. The summed E-state index contributed by atoms with van der Waals surface area (Å²) in [7, 11) is -3.50. The van der Waals surface area contributed by atoms with Crippen LogP contribution >= 0.6 is 15.9 Å². The predicted octanol–water partition coefficient (Wildman–Crippen LogP) is 5.97. The van der Waals surface area contributed by atoms with E-state index < -0.39 is 10.0 Å². The minimum atomic E-state index is -3.50. The lowest BCUT2D eigenvalue weighted by Gasteiger charge is -2.29. The van der Waals surface area contributed by atoms with Gasteiger partial charge in [-0.25, -0.2) is 17.9 Å². The van der Waals surface area contributed by atoms with Gasteiger partial charge in [-0.2, -0.15) is 0 Å². The molecule has 2 saturated carbocycles. The van der Waals surface area contributed by atoms with E-state index in [1.807, 2.05) is 18.2 Å². The van der Waals surface area contributed by atoms with E-state index in [-0.39, 0.29) is 5.97 Å². The first kappa shape index (κ1) is 25.1. The van der Waals surface area contributed by atoms with E-state index in [0.29, 0.717) is 47.3 Å². The molecule has 2 bridgehead atoms. The first-order chi connectivity index (χ1) is 16.4. The zero-order chi connectivity index (χ0) is 24.0. The van der Waals surface area contributed by atoms with Crippen molar-refractivity contribution in [2.75, 3.05) is 13.2 Å². The van der Waals surface area contributed by atoms with Crippen LogP contribution in [-0.2, 0) is 14.8 Å². The Balaban J connectivity index is 1.22. The van der Waals surface area contributed by atoms with Crippen LogP contribution in [-0.4, -0.2) is 27.5 Å². The average molecular weight is 547 g/mol. The molecule has 0 heterocycles. The number of ether oxygens (including phenoxy) is 1. The summed E-state index contributed by atoms with van der Waals surface area (Å²) in [6.07, 6.45) is 10.9. The lowest BCUT2D eigenvalue weighted by molar-refractivity contribution is 0.0498. The molecule has 2 aliphatic carbocycles. The molecule has 0 saturated heterocycles. The van der Waals surface area contributed by atoms with Gasteiger partial charge in [0.2, 0.25) is 10.0 Å². The molecular weight excluding hydrogens is 514 g/mol. The quantitative estimate of drug-likeness (QED) is 0.214. The number of halogens is 1. The highest BCUT2D eigenvalue weighted by Gasteiger charge is 2.46. The highest BCUT2D eigenvalue weighted by atomic mass is 79.9. The Bertz CT molecular complexity index is 1090. The van der Waals surface area contributed by atoms with Gasteiger partial charge in [0.25, 0.3) is 0 Å². The number of carbonyl (C=O) groups excluding carboxylic acids is 1. The molecule has 2 fully saturated rings. The Morgan fingerprint density at radius 3 is 2.53 bits per heavy atom. The Morgan fingerprint density at radius 2 is 1.76 bits per heavy atom. The fourth-order valence-corrected chi connectivity index (χ4v) is 6.74. The first-order valence-corrected chi connectivity index (χ1v) is 14.4. The van der Waals surface area contributed by atoms with Crippen molar-refractivity contribution in [3.63, 3.8) is 0 Å². The second kappa shape index (κ2) is 11.6. The van der Waals surface area contributed by atoms with Gasteiger partial charge in [-0.05, 0) is 98.6 Å². The number of sulfonamides is 1. The van der Waals surface area contributed by atoms with Crippen molar-refractivity contribution in [2.24, 2.45) is 23.7 Å². The van der Waals surface area contributed by atoms with E-state index in [4.69, 9.17) is 4.74 Å². The van der Waals surface area contributed by atoms with Gasteiger partial charge in [-0.1, -0.05) is 46.3 Å². The molecule has 2 aliphatic rings. The lowest BCUT2D eigenvalue weighted by Crippen LogP contribution is -2.35. The number of benzene rings is 2. The van der Waals surface area contributed by atoms with Gasteiger partial charge in [-0.3, -0.25) is 0 Å². The zero-order valence-corrected chi connectivity index (χ0v) is 21.6. The van der Waals surface area contributed by atoms with Crippen LogP contribution in [0, 0.1) is 23.7 Å². The third-order valence-corrected chi connectivity index (χ3v) is 9.13. The molecule has 4 atom stereocenters. The number of nitrogens with one attached hydrogen (secondary N) is 1. The van der Waals surface area contributed by atoms with Crippen LogP contribution < -0.4 is 4.72 Å². The minimum absolute atomic E-state index is 0.272. The number of hydrogen-bond donors (Lipinski definition) is 1. The second-order valence-corrected chi connectivity index (χ2v) is 12.0. The SMILES string of the molecule is O=C(OCCCC/C=C\[C@@H]1[C@H]2CC[C@H](C2)[C@H]1CNS(=O)(=O)c1ccc(Br)cc1)c1ccccc1. The molecule has 2 aromatic rings. The van der Waals surface area contributed by atoms with Gasteiger partial charge < -0.3 is 4.74 Å². The Kier molecular flexibility index (Phi) is 8.61. The summed E-state index contributed by atoms with van der Waals surface area (Å²) in [4.78, 5) is 12.3. The number of carbonyl (C=O) groups is 1. The highest BCUT2D eigenvalue weighted by molar-refractivity contribution is 9.10. The van der Waals surface area contributed by atoms with Crippen LogP contribution in [0.3, 0.4) is 0 Å². The maximum Gasteiger partial charge on any atom is 0.338 e. The van der Waals surface area contributed by atoms with Crippen LogP contribution in [0.25, 0.3) is 0 Å². The van der Waals surface area contributed by atoms with Gasteiger partial charge in [0.15, 0.2) is 0 Å². The molecule has 182 valence electrons. The molecule has 4 rings (SSSR count). The van der Waals surface area contributed by atoms with Crippen molar-refractivity contribution < 1.29 is 17.9 Å². The molecule has 1 N–H and O–H groups in total. The van der Waals surface area contributed by atoms with Crippen LogP contribution in [0.2, 0.25) is 0 Å². The second-order valence-electron chi connectivity index (χ2n) is 9.31. The van der Waals surface area contributed by atoms with Crippen molar-refractivity contribution in [1.29, 1.82) is 0 Å². The van der Waals surface area contributed by atoms with Crippen LogP contribution in [0.1, 0.15) is 48.9 Å². The van der Waals surface area contributed by atoms with Crippen molar-refractivity contribution in [3.05, 3.63) is 76.8 Å². The summed E-state index contributed by atoms with van der Waals surface area (Å²) in [6, 6.07) is 15.8. The average Bonchev–Trinajstić information content (AvgIpc) is 3.45. The Morgan fingerprint density at radius 1 is 1.03 bits per heavy atom. The van der Waals surface area contributed by atoms with Crippen molar-refractivity contribution in [2.45, 2.75) is 43.4 Å². The van der Waals surface area contributed by atoms with Gasteiger partial charge in [0.05, 0.1) is 17.1 Å². The molecule has 5 nitrogen and oxygen atoms in total. The topological polar surface area (TPSA) is 72.5 Å². The molecule has 0 aliphatic heterocycles. The summed E-state index contributed by atoms with van der Waals surface area (Å²) in [5.74, 6) is 1.78. The summed E-state index contributed by atoms with van der Waals surface area (Å²) >= 11 is 3.35. The molecule has 2 aromatic carbocycles. The third kappa shape index (κ3) is 6.37. The predicted molar refractivity (Wildman–Crippen MR) is 137 cm³/mol. The molecule has 0 unspecified atom stereocenters. The first-order valence-electron chi connectivity index (χ1n) is 12.1. The van der Waals surface area contributed by atoms with E-state index in [0.717, 1.165) is 23.7 Å². The largest absolute Gasteiger partial charge is 0.462 e. The van der Waals surface area contributed by atoms with E-state index in [9.17, 15) is 13.2 Å². The number of hydrogen-bond acceptors (Lipinski definition) is 4. The van der Waals surface area contributed by atoms with E-state index in [1.54, 1.807) is 36.4 Å². The smallest absolute Gasteiger partial charge is 0.338 e. The fourth-order valence-electron chi connectivity index (χ4n) is 5.40. The molecular formula is C27H32BrNO4S. The summed E-state index contributed by atoms with van der Waals surface area (Å²) in [5, 5.41) is 0. The Labute approximate surface area is 211 Å². The van der Waals surface area contributed by atoms with E-state index >= 15 is 0 Å². The molecule has 7 heteroatoms. The van der Waals surface area contributed by atoms with Crippen LogP contribution in [0.15, 0.2) is 76.1 Å². The molecule has 0 amide bonds. The highest BCUT2D eigenvalue weighted by Crippen LogP contribution is 2.52. The number of rotatable bonds is 11. The standard InChI is InChI=1S/C27H32BrNO4S/c28-23-13-15-24(16-14-23)34(31,32)29-19-26-22-12-11-21(18-22)25(26)10-6-1-2-7-17-33-27(30)20-8-4-3-5-9-20/h3-6,8-10,13-16,21-22,25-26,29H,1-2,7,11-12,17-19H2/b10-6-/t21-,22+,25+,26+/m0/s1. The van der Waals surface area contributed by atoms with Gasteiger partial charge >= 0.3 is 5.97 Å². The minimum Gasteiger partial charge on any atom is -0.462 e. The summed E-state index contributed by atoms with van der Waals surface area (Å²) in [5.41, 5.74) is 0.584. The molecule has 0 spiro atoms. The summed E-state index contributed by atoms with van der Waals surface area (Å²) < 4.78 is 34.5. The fraction of sp³-hybridized carbons (Fsp3) is 0.444. The van der Waals surface area contributed by atoms with Gasteiger partial charge in [0.1, 0.15) is 0 Å². The Hall–Kier alpha value is -1.96. The van der Waals surface area contributed by atoms with Crippen molar-refractivity contribution in [1.82, 2.24) is 4.72 Å². The maximum absolute atomic E-state index is 12.7. The molecule has 34 heavy (non-hydrogen) atoms. The summed E-state index contributed by atoms with van der Waals surface area (Å²) in [6.45, 7) is 0.917. The molecule has 0 aromatic heterocycles. The normalized spacial score (nSPS) is 24.0. The van der Waals surface area contributed by atoms with Crippen LogP contribution in [0.4, 0.5) is 0 Å². The monoisotopic (exact) mass is 545 g/mol. The molecule has 0 radical (unpaired) electrons. The van der Waals surface area contributed by atoms with Crippen molar-refractivity contribution in [3.8, 4) is 0 Å². The number of esters is 1. The van der Waals surface area contributed by atoms with Gasteiger partial charge in [-0.15, -0.1) is 0 Å². The van der Waals surface area contributed by atoms with E-state index in [2.05, 4.69) is 32.8 Å². The van der Waals surface area contributed by atoms with Crippen molar-refractivity contribution >= 4 is 31.9 Å². The third-order valence-electron chi connectivity index (χ3n) is 7.16. The maximum atomic E-state index is 12.7. The zero-order valence-electron chi connectivity index (χ0n) is 19.2. The number of fused-ring (bicyclic) bond motifs is 2. The van der Waals surface area contributed by atoms with Gasteiger partial charge in [0, 0.05) is 11.0 Å². The number of unbranched alkanes of at least 4 members (excludes halogenated alkanes) is 2. The number of allylic oxidation sites excluding steroid dienone is 2. The van der Waals surface area contributed by atoms with Crippen LogP contribution in [0.5, 0.6) is 0 Å². The van der Waals surface area contributed by atoms with E-state index in [1.165, 1.54) is 19.3 Å².